The van der Waals surface area contributed by atoms with Crippen molar-refractivity contribution in [2.75, 3.05) is 24.7 Å². The first kappa shape index (κ1) is 15.9. The lowest BCUT2D eigenvalue weighted by Crippen LogP contribution is -2.51. The van der Waals surface area contributed by atoms with Crippen LogP contribution < -0.4 is 5.32 Å². The second kappa shape index (κ2) is 6.87. The minimum atomic E-state index is -2.86. The third-order valence-electron chi connectivity index (χ3n) is 3.97. The van der Waals surface area contributed by atoms with Crippen LogP contribution in [0.5, 0.6) is 0 Å². The Kier molecular flexibility index (Phi) is 6.08. The van der Waals surface area contributed by atoms with E-state index < -0.39 is 9.84 Å². The predicted octanol–water partition coefficient (Wildman–Crippen LogP) is 1.34. The SMILES string of the molecule is CCS(=O)(=O)CCCNC1(CO)CCCC(C)C1. The van der Waals surface area contributed by atoms with Crippen molar-refractivity contribution >= 4 is 9.84 Å². The molecule has 0 aromatic rings. The van der Waals surface area contributed by atoms with Gasteiger partial charge in [-0.3, -0.25) is 0 Å². The van der Waals surface area contributed by atoms with E-state index in [0.29, 0.717) is 18.9 Å². The van der Waals surface area contributed by atoms with E-state index in [2.05, 4.69) is 12.2 Å². The van der Waals surface area contributed by atoms with E-state index in [1.165, 1.54) is 6.42 Å². The van der Waals surface area contributed by atoms with Crippen LogP contribution in [0.2, 0.25) is 0 Å². The molecule has 0 saturated heterocycles. The predicted molar refractivity (Wildman–Crippen MR) is 74.4 cm³/mol. The molecule has 108 valence electrons. The Balaban J connectivity index is 2.36. The molecule has 0 aliphatic heterocycles. The molecule has 5 heteroatoms. The fourth-order valence-corrected chi connectivity index (χ4v) is 3.68. The highest BCUT2D eigenvalue weighted by molar-refractivity contribution is 7.91. The first-order valence-corrected chi connectivity index (χ1v) is 8.81. The maximum atomic E-state index is 11.4. The van der Waals surface area contributed by atoms with Crippen molar-refractivity contribution in [3.63, 3.8) is 0 Å². The van der Waals surface area contributed by atoms with E-state index in [0.717, 1.165) is 19.3 Å². The molecule has 18 heavy (non-hydrogen) atoms. The van der Waals surface area contributed by atoms with E-state index >= 15 is 0 Å². The largest absolute Gasteiger partial charge is 0.394 e. The normalized spacial score (nSPS) is 29.4. The van der Waals surface area contributed by atoms with Crippen molar-refractivity contribution in [2.45, 2.75) is 51.5 Å². The number of hydrogen-bond acceptors (Lipinski definition) is 4. The summed E-state index contributed by atoms with van der Waals surface area (Å²) in [6.07, 6.45) is 4.99. The molecule has 2 atom stereocenters. The molecule has 0 aromatic carbocycles. The Morgan fingerprint density at radius 3 is 2.72 bits per heavy atom. The van der Waals surface area contributed by atoms with Crippen LogP contribution in [0.15, 0.2) is 0 Å². The van der Waals surface area contributed by atoms with E-state index in [1.54, 1.807) is 6.92 Å². The first-order chi connectivity index (χ1) is 8.43. The number of hydrogen-bond donors (Lipinski definition) is 2. The zero-order valence-corrected chi connectivity index (χ0v) is 12.4. The molecule has 0 bridgehead atoms. The van der Waals surface area contributed by atoms with E-state index in [-0.39, 0.29) is 23.7 Å². The van der Waals surface area contributed by atoms with Crippen molar-refractivity contribution in [1.82, 2.24) is 5.32 Å². The van der Waals surface area contributed by atoms with Crippen LogP contribution in [0.4, 0.5) is 0 Å². The van der Waals surface area contributed by atoms with Gasteiger partial charge >= 0.3 is 0 Å². The number of aliphatic hydroxyl groups excluding tert-OH is 1. The lowest BCUT2D eigenvalue weighted by atomic mass is 9.77. The third kappa shape index (κ3) is 4.86. The summed E-state index contributed by atoms with van der Waals surface area (Å²) in [5.41, 5.74) is -0.173. The second-order valence-electron chi connectivity index (χ2n) is 5.66. The van der Waals surface area contributed by atoms with Gasteiger partial charge in [0.15, 0.2) is 0 Å². The van der Waals surface area contributed by atoms with Gasteiger partial charge in [-0.25, -0.2) is 8.42 Å². The van der Waals surface area contributed by atoms with Crippen LogP contribution in [0.3, 0.4) is 0 Å². The van der Waals surface area contributed by atoms with Gasteiger partial charge in [-0.2, -0.15) is 0 Å². The smallest absolute Gasteiger partial charge is 0.150 e. The van der Waals surface area contributed by atoms with Crippen LogP contribution in [0.25, 0.3) is 0 Å². The summed E-state index contributed by atoms with van der Waals surface area (Å²) < 4.78 is 22.7. The van der Waals surface area contributed by atoms with E-state index in [9.17, 15) is 13.5 Å². The maximum Gasteiger partial charge on any atom is 0.150 e. The van der Waals surface area contributed by atoms with Crippen LogP contribution in [0, 0.1) is 5.92 Å². The van der Waals surface area contributed by atoms with Gasteiger partial charge in [-0.05, 0) is 31.7 Å². The third-order valence-corrected chi connectivity index (χ3v) is 5.76. The average molecular weight is 277 g/mol. The van der Waals surface area contributed by atoms with Crippen LogP contribution >= 0.6 is 0 Å². The lowest BCUT2D eigenvalue weighted by Gasteiger charge is -2.39. The van der Waals surface area contributed by atoms with Gasteiger partial charge in [0, 0.05) is 11.3 Å². The molecule has 1 saturated carbocycles. The standard InChI is InChI=1S/C13H27NO3S/c1-3-18(16,17)9-5-8-14-13(11-15)7-4-6-12(2)10-13/h12,14-15H,3-11H2,1-2H3. The first-order valence-electron chi connectivity index (χ1n) is 6.99. The second-order valence-corrected chi connectivity index (χ2v) is 8.13. The molecule has 0 amide bonds. The van der Waals surface area contributed by atoms with Gasteiger partial charge in [-0.15, -0.1) is 0 Å². The minimum absolute atomic E-state index is 0.151. The van der Waals surface area contributed by atoms with Crippen LogP contribution in [-0.2, 0) is 9.84 Å². The van der Waals surface area contributed by atoms with Gasteiger partial charge < -0.3 is 10.4 Å². The minimum Gasteiger partial charge on any atom is -0.394 e. The maximum absolute atomic E-state index is 11.4. The van der Waals surface area contributed by atoms with Gasteiger partial charge in [0.05, 0.1) is 12.4 Å². The fraction of sp³-hybridized carbons (Fsp3) is 1.00. The van der Waals surface area contributed by atoms with Gasteiger partial charge in [0.25, 0.3) is 0 Å². The molecule has 0 aromatic heterocycles. The lowest BCUT2D eigenvalue weighted by molar-refractivity contribution is 0.100. The summed E-state index contributed by atoms with van der Waals surface area (Å²) in [5.74, 6) is 1.10. The summed E-state index contributed by atoms with van der Waals surface area (Å²) >= 11 is 0. The summed E-state index contributed by atoms with van der Waals surface area (Å²) in [7, 11) is -2.86. The molecule has 1 rings (SSSR count). The summed E-state index contributed by atoms with van der Waals surface area (Å²) in [6.45, 7) is 4.72. The molecule has 0 spiro atoms. The molecular weight excluding hydrogens is 250 g/mol. The Hall–Kier alpha value is -0.130. The highest BCUT2D eigenvalue weighted by Crippen LogP contribution is 2.31. The molecule has 1 fully saturated rings. The van der Waals surface area contributed by atoms with E-state index in [4.69, 9.17) is 0 Å². The summed E-state index contributed by atoms with van der Waals surface area (Å²) in [6, 6.07) is 0. The molecule has 4 nitrogen and oxygen atoms in total. The number of rotatable bonds is 7. The molecule has 0 heterocycles. The Bertz CT molecular complexity index is 342. The molecule has 0 radical (unpaired) electrons. The molecule has 2 unspecified atom stereocenters. The fourth-order valence-electron chi connectivity index (χ4n) is 2.81. The summed E-state index contributed by atoms with van der Waals surface area (Å²) in [5, 5.41) is 13.0. The average Bonchev–Trinajstić information content (AvgIpc) is 2.35. The molecule has 2 N–H and O–H groups in total. The number of sulfone groups is 1. The van der Waals surface area contributed by atoms with Crippen molar-refractivity contribution < 1.29 is 13.5 Å². The van der Waals surface area contributed by atoms with Crippen LogP contribution in [-0.4, -0.2) is 43.7 Å². The van der Waals surface area contributed by atoms with Gasteiger partial charge in [0.2, 0.25) is 0 Å². The van der Waals surface area contributed by atoms with Crippen molar-refractivity contribution in [3.05, 3.63) is 0 Å². The van der Waals surface area contributed by atoms with Gasteiger partial charge in [-0.1, -0.05) is 26.7 Å². The molecule has 1 aliphatic rings. The van der Waals surface area contributed by atoms with E-state index in [1.807, 2.05) is 0 Å². The molecular formula is C13H27NO3S. The molecule has 1 aliphatic carbocycles. The van der Waals surface area contributed by atoms with Crippen molar-refractivity contribution in [3.8, 4) is 0 Å². The van der Waals surface area contributed by atoms with Crippen molar-refractivity contribution in [1.29, 1.82) is 0 Å². The van der Waals surface area contributed by atoms with Crippen LogP contribution in [0.1, 0.15) is 46.0 Å². The number of nitrogens with one attached hydrogen (secondary N) is 1. The zero-order valence-electron chi connectivity index (χ0n) is 11.6. The quantitative estimate of drug-likeness (QED) is 0.689. The Morgan fingerprint density at radius 2 is 2.17 bits per heavy atom. The highest BCUT2D eigenvalue weighted by Gasteiger charge is 2.33. The van der Waals surface area contributed by atoms with Crippen molar-refractivity contribution in [2.24, 2.45) is 5.92 Å². The summed E-state index contributed by atoms with van der Waals surface area (Å²) in [4.78, 5) is 0. The Labute approximate surface area is 111 Å². The monoisotopic (exact) mass is 277 g/mol. The zero-order chi connectivity index (χ0) is 13.6. The highest BCUT2D eigenvalue weighted by atomic mass is 32.2. The topological polar surface area (TPSA) is 66.4 Å². The Morgan fingerprint density at radius 1 is 1.44 bits per heavy atom. The number of aliphatic hydroxyl groups is 1. The van der Waals surface area contributed by atoms with Gasteiger partial charge in [0.1, 0.15) is 9.84 Å².